The first kappa shape index (κ1) is 44.4. The van der Waals surface area contributed by atoms with E-state index in [-0.39, 0.29) is 59.5 Å². The molecule has 9 rings (SSSR count). The highest BCUT2D eigenvalue weighted by molar-refractivity contribution is 6.10. The molecule has 3 aliphatic heterocycles. The van der Waals surface area contributed by atoms with Crippen molar-refractivity contribution in [3.63, 3.8) is 0 Å². The van der Waals surface area contributed by atoms with E-state index in [4.69, 9.17) is 14.2 Å². The lowest BCUT2D eigenvalue weighted by molar-refractivity contribution is -0.137. The van der Waals surface area contributed by atoms with Gasteiger partial charge in [0.1, 0.15) is 22.5 Å². The summed E-state index contributed by atoms with van der Waals surface area (Å²) in [6.07, 6.45) is 4.73. The molecule has 336 valence electrons. The number of amides is 4. The Balaban J connectivity index is 0.000000178. The van der Waals surface area contributed by atoms with Crippen molar-refractivity contribution in [2.75, 3.05) is 67.7 Å². The Hall–Kier alpha value is -7.26. The Kier molecular flexibility index (Phi) is 12.6. The van der Waals surface area contributed by atoms with Crippen molar-refractivity contribution < 1.29 is 43.6 Å². The van der Waals surface area contributed by atoms with Crippen molar-refractivity contribution in [3.05, 3.63) is 129 Å². The van der Waals surface area contributed by atoms with E-state index < -0.39 is 0 Å². The van der Waals surface area contributed by atoms with Crippen LogP contribution in [0.5, 0.6) is 23.0 Å². The first-order valence-electron chi connectivity index (χ1n) is 21.4. The normalized spacial score (nSPS) is 14.3. The molecule has 1 fully saturated rings. The van der Waals surface area contributed by atoms with Crippen LogP contribution in [-0.4, -0.2) is 131 Å². The highest BCUT2D eigenvalue weighted by Crippen LogP contribution is 2.45. The van der Waals surface area contributed by atoms with Gasteiger partial charge >= 0.3 is 0 Å². The quantitative estimate of drug-likeness (QED) is 0.177. The van der Waals surface area contributed by atoms with E-state index in [1.54, 1.807) is 45.5 Å². The number of ether oxygens (including phenoxy) is 3. The van der Waals surface area contributed by atoms with Crippen molar-refractivity contribution in [2.24, 2.45) is 0 Å². The van der Waals surface area contributed by atoms with E-state index in [0.29, 0.717) is 96.7 Å². The number of hydrogen-bond acceptors (Lipinski definition) is 11. The molecule has 0 saturated carbocycles. The minimum absolute atomic E-state index is 0.139. The standard InChI is InChI=1S/C26H27N3O5.C24H25N3O4/c1-16-3-5-17(6-4-16)11-18-12-19-23(27-13-18)24(31)22-20(14-28(2)26(22)32)25(19)34-15-21(30)29-7-9-33-10-8-29;1-14-5-7-15(8-6-14)9-16-10-17-21(25-11-16)22(29)20-18(12-27(4)24(20)30)23(17)31-13-19(28)26(2)3/h3-6,12-13,31H,7-11,14-15H2,1-2H3;5-8,10-11,29H,9,12-13H2,1-4H3. The van der Waals surface area contributed by atoms with Crippen molar-refractivity contribution in [2.45, 2.75) is 39.8 Å². The van der Waals surface area contributed by atoms with Gasteiger partial charge in [-0.15, -0.1) is 0 Å². The van der Waals surface area contributed by atoms with E-state index in [0.717, 1.165) is 22.3 Å². The molecule has 0 bridgehead atoms. The lowest BCUT2D eigenvalue weighted by Crippen LogP contribution is -2.43. The molecule has 6 aromatic rings. The average molecular weight is 881 g/mol. The summed E-state index contributed by atoms with van der Waals surface area (Å²) in [6, 6.07) is 20.4. The average Bonchev–Trinajstić information content (AvgIpc) is 3.77. The molecule has 15 nitrogen and oxygen atoms in total. The number of hydrogen-bond donors (Lipinski definition) is 2. The van der Waals surface area contributed by atoms with Crippen molar-refractivity contribution in [3.8, 4) is 23.0 Å². The van der Waals surface area contributed by atoms with Gasteiger partial charge in [0, 0.05) is 75.6 Å². The molecule has 65 heavy (non-hydrogen) atoms. The molecule has 0 unspecified atom stereocenters. The van der Waals surface area contributed by atoms with Gasteiger partial charge in [0.05, 0.1) is 37.4 Å². The lowest BCUT2D eigenvalue weighted by atomic mass is 9.99. The molecule has 2 aromatic heterocycles. The van der Waals surface area contributed by atoms with Crippen LogP contribution in [0, 0.1) is 13.8 Å². The third-order valence-electron chi connectivity index (χ3n) is 12.0. The second-order valence-corrected chi connectivity index (χ2v) is 17.0. The van der Waals surface area contributed by atoms with Crippen LogP contribution < -0.4 is 9.47 Å². The van der Waals surface area contributed by atoms with Crippen LogP contribution in [0.1, 0.15) is 65.2 Å². The van der Waals surface area contributed by atoms with Crippen molar-refractivity contribution >= 4 is 45.4 Å². The van der Waals surface area contributed by atoms with Gasteiger partial charge < -0.3 is 44.0 Å². The zero-order chi connectivity index (χ0) is 46.1. The smallest absolute Gasteiger partial charge is 0.260 e. The second kappa shape index (κ2) is 18.5. The maximum atomic E-state index is 12.7. The zero-order valence-electron chi connectivity index (χ0n) is 37.4. The zero-order valence-corrected chi connectivity index (χ0v) is 37.4. The van der Waals surface area contributed by atoms with Gasteiger partial charge in [0.2, 0.25) is 0 Å². The maximum absolute atomic E-state index is 12.7. The molecule has 0 atom stereocenters. The fourth-order valence-corrected chi connectivity index (χ4v) is 8.28. The minimum atomic E-state index is -0.288. The highest BCUT2D eigenvalue weighted by Gasteiger charge is 2.36. The summed E-state index contributed by atoms with van der Waals surface area (Å²) in [7, 11) is 6.65. The topological polar surface area (TPSA) is 175 Å². The molecule has 4 aromatic carbocycles. The summed E-state index contributed by atoms with van der Waals surface area (Å²) in [5.74, 6) is -0.348. The van der Waals surface area contributed by atoms with Crippen LogP contribution in [0.3, 0.4) is 0 Å². The molecule has 5 heterocycles. The Morgan fingerprint density at radius 3 is 1.54 bits per heavy atom. The van der Waals surface area contributed by atoms with Gasteiger partial charge in [-0.05, 0) is 61.1 Å². The molecule has 15 heteroatoms. The Bertz CT molecular complexity index is 2840. The number of likely N-dealkylation sites (N-methyl/N-ethyl adjacent to an activating group) is 1. The molecule has 1 saturated heterocycles. The van der Waals surface area contributed by atoms with E-state index in [2.05, 4.69) is 58.5 Å². The number of carbonyl (C=O) groups excluding carboxylic acids is 4. The molecule has 0 spiro atoms. The van der Waals surface area contributed by atoms with Crippen LogP contribution in [0.4, 0.5) is 0 Å². The monoisotopic (exact) mass is 880 g/mol. The number of nitrogens with zero attached hydrogens (tertiary/aromatic N) is 6. The van der Waals surface area contributed by atoms with E-state index in [1.807, 2.05) is 26.0 Å². The summed E-state index contributed by atoms with van der Waals surface area (Å²) < 4.78 is 17.3. The number of aromatic hydroxyl groups is 2. The van der Waals surface area contributed by atoms with E-state index in [9.17, 15) is 29.4 Å². The van der Waals surface area contributed by atoms with Crippen molar-refractivity contribution in [1.29, 1.82) is 0 Å². The number of phenols is 2. The van der Waals surface area contributed by atoms with Gasteiger partial charge in [0.25, 0.3) is 23.6 Å². The predicted molar refractivity (Wildman–Crippen MR) is 243 cm³/mol. The minimum Gasteiger partial charge on any atom is -0.505 e. The van der Waals surface area contributed by atoms with Crippen molar-refractivity contribution in [1.82, 2.24) is 29.6 Å². The number of benzene rings is 4. The number of aryl methyl sites for hydroxylation is 2. The summed E-state index contributed by atoms with van der Waals surface area (Å²) in [5.41, 5.74) is 8.69. The molecule has 0 aliphatic carbocycles. The Labute approximate surface area is 376 Å². The molecular formula is C50H52N6O9. The number of rotatable bonds is 10. The number of phenolic OH excluding ortho intramolecular Hbond substituents is 2. The van der Waals surface area contributed by atoms with E-state index >= 15 is 0 Å². The van der Waals surface area contributed by atoms with Crippen LogP contribution in [0.25, 0.3) is 21.8 Å². The van der Waals surface area contributed by atoms with Crippen LogP contribution >= 0.6 is 0 Å². The third kappa shape index (κ3) is 9.09. The Morgan fingerprint density at radius 2 is 1.11 bits per heavy atom. The maximum Gasteiger partial charge on any atom is 0.260 e. The largest absolute Gasteiger partial charge is 0.505 e. The van der Waals surface area contributed by atoms with Crippen LogP contribution in [-0.2, 0) is 40.3 Å². The number of pyridine rings is 2. The predicted octanol–water partition coefficient (Wildman–Crippen LogP) is 5.56. The first-order valence-corrected chi connectivity index (χ1v) is 21.4. The van der Waals surface area contributed by atoms with Gasteiger partial charge in [-0.3, -0.25) is 29.1 Å². The first-order chi connectivity index (χ1) is 31.2. The highest BCUT2D eigenvalue weighted by atomic mass is 16.5. The SMILES string of the molecule is Cc1ccc(Cc2cnc3c(O)c4c(c(OCC(=O)N(C)C)c3c2)CN(C)C4=O)cc1.Cc1ccc(Cc2cnc3c(O)c4c(c(OCC(=O)N5CCOCC5)c3c2)CN(C)C4=O)cc1. The molecule has 3 aliphatic rings. The number of morpholine rings is 1. The van der Waals surface area contributed by atoms with Gasteiger partial charge in [-0.2, -0.15) is 0 Å². The third-order valence-corrected chi connectivity index (χ3v) is 12.0. The number of carbonyl (C=O) groups is 4. The second-order valence-electron chi connectivity index (χ2n) is 17.0. The van der Waals surface area contributed by atoms with Gasteiger partial charge in [-0.25, -0.2) is 0 Å². The summed E-state index contributed by atoms with van der Waals surface area (Å²) >= 11 is 0. The fraction of sp³-hybridized carbons (Fsp3) is 0.320. The van der Waals surface area contributed by atoms with Gasteiger partial charge in [0.15, 0.2) is 24.7 Å². The Morgan fingerprint density at radius 1 is 0.677 bits per heavy atom. The number of aromatic nitrogens is 2. The van der Waals surface area contributed by atoms with Gasteiger partial charge in [-0.1, -0.05) is 59.7 Å². The molecule has 0 radical (unpaired) electrons. The summed E-state index contributed by atoms with van der Waals surface area (Å²) in [6.45, 7) is 6.43. The number of fused-ring (bicyclic) bond motifs is 4. The van der Waals surface area contributed by atoms with Crippen LogP contribution in [0.2, 0.25) is 0 Å². The summed E-state index contributed by atoms with van der Waals surface area (Å²) in [4.78, 5) is 65.4. The fourth-order valence-electron chi connectivity index (χ4n) is 8.28. The van der Waals surface area contributed by atoms with E-state index in [1.165, 1.54) is 25.8 Å². The van der Waals surface area contributed by atoms with Crippen LogP contribution in [0.15, 0.2) is 73.1 Å². The summed E-state index contributed by atoms with van der Waals surface area (Å²) in [5, 5.41) is 22.9. The lowest BCUT2D eigenvalue weighted by Gasteiger charge is -2.27. The molecule has 2 N–H and O–H groups in total. The molecular weight excluding hydrogens is 829 g/mol. The molecule has 4 amide bonds.